The summed E-state index contributed by atoms with van der Waals surface area (Å²) in [6.45, 7) is 3.77. The molecule has 0 bridgehead atoms. The molecule has 25 heavy (non-hydrogen) atoms. The summed E-state index contributed by atoms with van der Waals surface area (Å²) < 4.78 is 0. The van der Waals surface area contributed by atoms with Crippen molar-refractivity contribution in [3.8, 4) is 0 Å². The van der Waals surface area contributed by atoms with E-state index in [1.165, 1.54) is 29.5 Å². The van der Waals surface area contributed by atoms with Gasteiger partial charge in [0.25, 0.3) is 11.6 Å². The predicted octanol–water partition coefficient (Wildman–Crippen LogP) is 4.31. The molecule has 9 heteroatoms. The van der Waals surface area contributed by atoms with Gasteiger partial charge in [-0.05, 0) is 31.5 Å². The zero-order valence-electron chi connectivity index (χ0n) is 13.3. The van der Waals surface area contributed by atoms with Crippen molar-refractivity contribution in [1.29, 1.82) is 0 Å². The number of nitrogens with one attached hydrogen (secondary N) is 1. The van der Waals surface area contributed by atoms with Crippen molar-refractivity contribution < 1.29 is 9.72 Å². The highest BCUT2D eigenvalue weighted by Crippen LogP contribution is 2.36. The van der Waals surface area contributed by atoms with Crippen LogP contribution in [-0.2, 0) is 0 Å². The smallest absolute Gasteiger partial charge is 0.271 e. The molecule has 0 saturated heterocycles. The standard InChI is InChI=1S/C16H13ClN4O3S/c1-7-5-8(2)19-16-12(7)13(18)14(25-16)15(22)20-11-6-9(21(23)24)3-4-10(11)17/h3-6H,18H2,1-2H3,(H,20,22). The van der Waals surface area contributed by atoms with E-state index >= 15 is 0 Å². The minimum atomic E-state index is -0.560. The number of hydrogen-bond donors (Lipinski definition) is 2. The Morgan fingerprint density at radius 3 is 2.76 bits per heavy atom. The summed E-state index contributed by atoms with van der Waals surface area (Å²) in [5.41, 5.74) is 8.22. The van der Waals surface area contributed by atoms with Crippen LogP contribution in [0.4, 0.5) is 17.1 Å². The van der Waals surface area contributed by atoms with Crippen molar-refractivity contribution in [2.45, 2.75) is 13.8 Å². The molecule has 0 atom stereocenters. The summed E-state index contributed by atoms with van der Waals surface area (Å²) in [5, 5.41) is 14.4. The van der Waals surface area contributed by atoms with E-state index in [1.54, 1.807) is 0 Å². The van der Waals surface area contributed by atoms with E-state index < -0.39 is 10.8 Å². The summed E-state index contributed by atoms with van der Waals surface area (Å²) in [4.78, 5) is 28.3. The molecule has 2 aromatic heterocycles. The van der Waals surface area contributed by atoms with Gasteiger partial charge in [0.2, 0.25) is 0 Å². The molecular weight excluding hydrogens is 364 g/mol. The Hall–Kier alpha value is -2.71. The van der Waals surface area contributed by atoms with Gasteiger partial charge in [0.1, 0.15) is 9.71 Å². The molecule has 0 aliphatic carbocycles. The number of halogens is 1. The zero-order valence-corrected chi connectivity index (χ0v) is 14.9. The Morgan fingerprint density at radius 1 is 1.36 bits per heavy atom. The highest BCUT2D eigenvalue weighted by atomic mass is 35.5. The molecule has 128 valence electrons. The number of nitrogens with zero attached hydrogens (tertiary/aromatic N) is 2. The number of fused-ring (bicyclic) bond motifs is 1. The number of amides is 1. The molecule has 2 heterocycles. The van der Waals surface area contributed by atoms with Crippen molar-refractivity contribution >= 4 is 56.1 Å². The number of rotatable bonds is 3. The minimum Gasteiger partial charge on any atom is -0.397 e. The number of carbonyl (C=O) groups is 1. The number of pyridine rings is 1. The molecule has 0 spiro atoms. The van der Waals surface area contributed by atoms with Gasteiger partial charge in [0, 0.05) is 23.2 Å². The number of nitrogen functional groups attached to an aromatic ring is 1. The van der Waals surface area contributed by atoms with Gasteiger partial charge in [0.05, 0.1) is 21.3 Å². The number of hydrogen-bond acceptors (Lipinski definition) is 6. The van der Waals surface area contributed by atoms with Crippen molar-refractivity contribution in [3.63, 3.8) is 0 Å². The van der Waals surface area contributed by atoms with E-state index in [1.807, 2.05) is 19.9 Å². The Bertz CT molecular complexity index is 1030. The summed E-state index contributed by atoms with van der Waals surface area (Å²) in [6, 6.07) is 5.72. The van der Waals surface area contributed by atoms with E-state index in [2.05, 4.69) is 10.3 Å². The first-order valence-corrected chi connectivity index (χ1v) is 8.39. The molecule has 0 saturated carbocycles. The summed E-state index contributed by atoms with van der Waals surface area (Å²) in [5.74, 6) is -0.486. The largest absolute Gasteiger partial charge is 0.397 e. The monoisotopic (exact) mass is 376 g/mol. The third-order valence-corrected chi connectivity index (χ3v) is 5.07. The van der Waals surface area contributed by atoms with Gasteiger partial charge in [-0.3, -0.25) is 14.9 Å². The Kier molecular flexibility index (Phi) is 4.32. The van der Waals surface area contributed by atoms with Crippen LogP contribution in [0.2, 0.25) is 5.02 Å². The minimum absolute atomic E-state index is 0.151. The highest BCUT2D eigenvalue weighted by Gasteiger charge is 2.20. The molecule has 3 rings (SSSR count). The topological polar surface area (TPSA) is 111 Å². The van der Waals surface area contributed by atoms with Crippen LogP contribution in [0.25, 0.3) is 10.2 Å². The van der Waals surface area contributed by atoms with E-state index in [9.17, 15) is 14.9 Å². The quantitative estimate of drug-likeness (QED) is 0.522. The van der Waals surface area contributed by atoms with Crippen molar-refractivity contribution in [2.75, 3.05) is 11.1 Å². The third-order valence-electron chi connectivity index (χ3n) is 3.64. The highest BCUT2D eigenvalue weighted by molar-refractivity contribution is 7.21. The molecule has 1 amide bonds. The van der Waals surface area contributed by atoms with Gasteiger partial charge in [-0.1, -0.05) is 11.6 Å². The summed E-state index contributed by atoms with van der Waals surface area (Å²) >= 11 is 7.19. The normalized spacial score (nSPS) is 10.8. The number of aryl methyl sites for hydroxylation is 2. The number of anilines is 2. The lowest BCUT2D eigenvalue weighted by atomic mass is 10.1. The lowest BCUT2D eigenvalue weighted by molar-refractivity contribution is -0.384. The van der Waals surface area contributed by atoms with Crippen LogP contribution in [0.15, 0.2) is 24.3 Å². The molecule has 7 nitrogen and oxygen atoms in total. The summed E-state index contributed by atoms with van der Waals surface area (Å²) in [6.07, 6.45) is 0. The average molecular weight is 377 g/mol. The second-order valence-electron chi connectivity index (χ2n) is 5.48. The first-order chi connectivity index (χ1) is 11.8. The Labute approximate surface area is 151 Å². The molecule has 0 aliphatic rings. The molecule has 0 radical (unpaired) electrons. The molecule has 0 unspecified atom stereocenters. The maximum absolute atomic E-state index is 12.6. The fourth-order valence-electron chi connectivity index (χ4n) is 2.54. The second-order valence-corrected chi connectivity index (χ2v) is 6.89. The fraction of sp³-hybridized carbons (Fsp3) is 0.125. The second kappa shape index (κ2) is 6.30. The molecular formula is C16H13ClN4O3S. The lowest BCUT2D eigenvalue weighted by Crippen LogP contribution is -2.12. The first-order valence-electron chi connectivity index (χ1n) is 7.19. The zero-order chi connectivity index (χ0) is 18.3. The number of benzene rings is 1. The van der Waals surface area contributed by atoms with Crippen LogP contribution in [0, 0.1) is 24.0 Å². The number of carbonyl (C=O) groups excluding carboxylic acids is 1. The van der Waals surface area contributed by atoms with Crippen LogP contribution < -0.4 is 11.1 Å². The number of nitro benzene ring substituents is 1. The van der Waals surface area contributed by atoms with Crippen LogP contribution >= 0.6 is 22.9 Å². The lowest BCUT2D eigenvalue weighted by Gasteiger charge is -2.06. The molecule has 0 aliphatic heterocycles. The maximum Gasteiger partial charge on any atom is 0.271 e. The van der Waals surface area contributed by atoms with E-state index in [0.717, 1.165) is 16.6 Å². The van der Waals surface area contributed by atoms with Crippen LogP contribution in [0.3, 0.4) is 0 Å². The summed E-state index contributed by atoms with van der Waals surface area (Å²) in [7, 11) is 0. The molecule has 0 fully saturated rings. The number of non-ortho nitro benzene ring substituents is 1. The van der Waals surface area contributed by atoms with E-state index in [-0.39, 0.29) is 16.4 Å². The third kappa shape index (κ3) is 3.13. The van der Waals surface area contributed by atoms with E-state index in [0.29, 0.717) is 15.4 Å². The maximum atomic E-state index is 12.6. The van der Waals surface area contributed by atoms with Crippen LogP contribution in [0.5, 0.6) is 0 Å². The van der Waals surface area contributed by atoms with Crippen molar-refractivity contribution in [1.82, 2.24) is 4.98 Å². The SMILES string of the molecule is Cc1cc(C)c2c(N)c(C(=O)Nc3cc([N+](=O)[O-])ccc3Cl)sc2n1. The first kappa shape index (κ1) is 17.1. The van der Waals surface area contributed by atoms with Gasteiger partial charge in [-0.15, -0.1) is 11.3 Å². The average Bonchev–Trinajstić information content (AvgIpc) is 2.86. The van der Waals surface area contributed by atoms with Gasteiger partial charge in [-0.25, -0.2) is 4.98 Å². The van der Waals surface area contributed by atoms with Crippen LogP contribution in [0.1, 0.15) is 20.9 Å². The molecule has 3 aromatic rings. The van der Waals surface area contributed by atoms with Crippen molar-refractivity contribution in [2.24, 2.45) is 0 Å². The Morgan fingerprint density at radius 2 is 2.08 bits per heavy atom. The van der Waals surface area contributed by atoms with Gasteiger partial charge in [-0.2, -0.15) is 0 Å². The predicted molar refractivity (Wildman–Crippen MR) is 99.6 cm³/mol. The fourth-order valence-corrected chi connectivity index (χ4v) is 3.82. The van der Waals surface area contributed by atoms with Crippen molar-refractivity contribution in [3.05, 3.63) is 55.5 Å². The number of nitro groups is 1. The Balaban J connectivity index is 2.01. The van der Waals surface area contributed by atoms with Crippen LogP contribution in [-0.4, -0.2) is 15.8 Å². The molecule has 1 aromatic carbocycles. The number of nitrogens with two attached hydrogens (primary N) is 1. The number of thiophene rings is 1. The van der Waals surface area contributed by atoms with Gasteiger partial charge in [0.15, 0.2) is 0 Å². The molecule has 3 N–H and O–H groups in total. The van der Waals surface area contributed by atoms with Gasteiger partial charge < -0.3 is 11.1 Å². The van der Waals surface area contributed by atoms with E-state index in [4.69, 9.17) is 17.3 Å². The van der Waals surface area contributed by atoms with Gasteiger partial charge >= 0.3 is 0 Å². The number of aromatic nitrogens is 1.